The van der Waals surface area contributed by atoms with Crippen LogP contribution < -0.4 is 11.2 Å². The maximum absolute atomic E-state index is 13.5. The van der Waals surface area contributed by atoms with Crippen LogP contribution in [-0.4, -0.2) is 26.5 Å². The number of aromatic nitrogens is 3. The summed E-state index contributed by atoms with van der Waals surface area (Å²) < 4.78 is 14.8. The van der Waals surface area contributed by atoms with Crippen molar-refractivity contribution >= 4 is 35.0 Å². The van der Waals surface area contributed by atoms with Crippen molar-refractivity contribution < 1.29 is 9.18 Å². The number of nitrogens with two attached hydrogens (primary N) is 1. The Morgan fingerprint density at radius 1 is 1.20 bits per heavy atom. The Morgan fingerprint density at radius 3 is 2.68 bits per heavy atom. The van der Waals surface area contributed by atoms with Crippen molar-refractivity contribution in [3.63, 3.8) is 0 Å². The molecule has 0 unspecified atom stereocenters. The standard InChI is InChI=1S/C16H13ClFN5OS/c17-11-6-2-1-5-10(11)15-21-22-16(23(15)19)25-9-14(24)20-13-8-4-3-7-12(13)18/h1-8H,9,19H2,(H,20,24). The first-order valence-corrected chi connectivity index (χ1v) is 8.55. The van der Waals surface area contributed by atoms with Crippen LogP contribution in [0, 0.1) is 5.82 Å². The van der Waals surface area contributed by atoms with E-state index in [9.17, 15) is 9.18 Å². The number of halogens is 2. The molecule has 6 nitrogen and oxygen atoms in total. The molecule has 3 rings (SSSR count). The molecule has 2 aromatic carbocycles. The molecule has 1 amide bonds. The van der Waals surface area contributed by atoms with E-state index >= 15 is 0 Å². The highest BCUT2D eigenvalue weighted by Gasteiger charge is 2.16. The quantitative estimate of drug-likeness (QED) is 0.527. The van der Waals surface area contributed by atoms with Crippen LogP contribution in [0.2, 0.25) is 5.02 Å². The monoisotopic (exact) mass is 377 g/mol. The summed E-state index contributed by atoms with van der Waals surface area (Å²) in [5.74, 6) is 5.51. The Kier molecular flexibility index (Phi) is 5.20. The van der Waals surface area contributed by atoms with Crippen LogP contribution in [0.15, 0.2) is 53.7 Å². The number of hydrogen-bond donors (Lipinski definition) is 2. The van der Waals surface area contributed by atoms with Crippen molar-refractivity contribution in [1.29, 1.82) is 0 Å². The van der Waals surface area contributed by atoms with Gasteiger partial charge in [0.25, 0.3) is 0 Å². The predicted octanol–water partition coefficient (Wildman–Crippen LogP) is 3.18. The van der Waals surface area contributed by atoms with Crippen LogP contribution in [0.25, 0.3) is 11.4 Å². The zero-order valence-electron chi connectivity index (χ0n) is 12.8. The van der Waals surface area contributed by atoms with Gasteiger partial charge in [0.05, 0.1) is 16.5 Å². The number of nitrogen functional groups attached to an aromatic ring is 1. The number of carbonyl (C=O) groups is 1. The molecule has 128 valence electrons. The van der Waals surface area contributed by atoms with Gasteiger partial charge in [0.15, 0.2) is 5.82 Å². The van der Waals surface area contributed by atoms with Crippen LogP contribution in [0.5, 0.6) is 0 Å². The van der Waals surface area contributed by atoms with Crippen molar-refractivity contribution in [3.8, 4) is 11.4 Å². The molecule has 9 heteroatoms. The van der Waals surface area contributed by atoms with Gasteiger partial charge in [0.1, 0.15) is 5.82 Å². The van der Waals surface area contributed by atoms with Crippen molar-refractivity contribution in [2.75, 3.05) is 16.9 Å². The molecule has 25 heavy (non-hydrogen) atoms. The van der Waals surface area contributed by atoms with E-state index < -0.39 is 5.82 Å². The minimum absolute atomic E-state index is 0.00614. The maximum atomic E-state index is 13.5. The zero-order chi connectivity index (χ0) is 17.8. The van der Waals surface area contributed by atoms with Crippen LogP contribution in [-0.2, 0) is 4.79 Å². The minimum Gasteiger partial charge on any atom is -0.335 e. The fourth-order valence-corrected chi connectivity index (χ4v) is 2.96. The lowest BCUT2D eigenvalue weighted by molar-refractivity contribution is -0.113. The molecule has 0 aliphatic carbocycles. The Hall–Kier alpha value is -2.58. The highest BCUT2D eigenvalue weighted by atomic mass is 35.5. The van der Waals surface area contributed by atoms with E-state index in [-0.39, 0.29) is 17.3 Å². The van der Waals surface area contributed by atoms with Crippen LogP contribution in [0.1, 0.15) is 0 Å². The van der Waals surface area contributed by atoms with Gasteiger partial charge in [0, 0.05) is 5.56 Å². The summed E-state index contributed by atoms with van der Waals surface area (Å²) in [5, 5.41) is 11.3. The van der Waals surface area contributed by atoms with E-state index in [4.69, 9.17) is 17.4 Å². The van der Waals surface area contributed by atoms with Crippen molar-refractivity contribution in [2.24, 2.45) is 0 Å². The molecule has 0 saturated heterocycles. The summed E-state index contributed by atoms with van der Waals surface area (Å²) in [6, 6.07) is 13.0. The second kappa shape index (κ2) is 7.54. The first-order chi connectivity index (χ1) is 12.1. The number of nitrogens with one attached hydrogen (secondary N) is 1. The lowest BCUT2D eigenvalue weighted by atomic mass is 10.2. The average molecular weight is 378 g/mol. The van der Waals surface area contributed by atoms with E-state index in [2.05, 4.69) is 15.5 Å². The zero-order valence-corrected chi connectivity index (χ0v) is 14.4. The van der Waals surface area contributed by atoms with Gasteiger partial charge >= 0.3 is 0 Å². The van der Waals surface area contributed by atoms with Crippen molar-refractivity contribution in [3.05, 3.63) is 59.4 Å². The molecular weight excluding hydrogens is 365 g/mol. The largest absolute Gasteiger partial charge is 0.335 e. The number of carbonyl (C=O) groups excluding carboxylic acids is 1. The summed E-state index contributed by atoms with van der Waals surface area (Å²) in [4.78, 5) is 12.0. The van der Waals surface area contributed by atoms with Gasteiger partial charge in [-0.1, -0.05) is 47.6 Å². The first-order valence-electron chi connectivity index (χ1n) is 7.19. The van der Waals surface area contributed by atoms with Crippen molar-refractivity contribution in [2.45, 2.75) is 5.16 Å². The topological polar surface area (TPSA) is 85.8 Å². The predicted molar refractivity (Wildman–Crippen MR) is 96.4 cm³/mol. The molecule has 3 aromatic rings. The molecule has 0 aliphatic heterocycles. The first kappa shape index (κ1) is 17.2. The van der Waals surface area contributed by atoms with Gasteiger partial charge in [-0.3, -0.25) is 4.79 Å². The third-order valence-corrected chi connectivity index (χ3v) is 4.53. The van der Waals surface area contributed by atoms with Crippen LogP contribution in [0.3, 0.4) is 0 Å². The summed E-state index contributed by atoms with van der Waals surface area (Å²) in [6.45, 7) is 0. The Bertz CT molecular complexity index is 917. The van der Waals surface area contributed by atoms with E-state index in [0.29, 0.717) is 21.6 Å². The maximum Gasteiger partial charge on any atom is 0.234 e. The van der Waals surface area contributed by atoms with Gasteiger partial charge in [-0.15, -0.1) is 10.2 Å². The second-order valence-corrected chi connectivity index (χ2v) is 6.32. The number of thioether (sulfide) groups is 1. The van der Waals surface area contributed by atoms with Gasteiger partial charge in [-0.05, 0) is 24.3 Å². The summed E-state index contributed by atoms with van der Waals surface area (Å²) in [7, 11) is 0. The van der Waals surface area contributed by atoms with Gasteiger partial charge in [0.2, 0.25) is 11.1 Å². The number of hydrogen-bond acceptors (Lipinski definition) is 5. The number of amides is 1. The number of nitrogens with zero attached hydrogens (tertiary/aromatic N) is 3. The molecule has 0 aliphatic rings. The molecule has 0 bridgehead atoms. The average Bonchev–Trinajstić information content (AvgIpc) is 2.96. The third-order valence-electron chi connectivity index (χ3n) is 3.26. The van der Waals surface area contributed by atoms with Gasteiger partial charge in [-0.25, -0.2) is 9.07 Å². The van der Waals surface area contributed by atoms with E-state index in [0.717, 1.165) is 11.8 Å². The molecule has 0 saturated carbocycles. The minimum atomic E-state index is -0.496. The number of para-hydroxylation sites is 1. The molecule has 0 atom stereocenters. The molecule has 0 radical (unpaired) electrons. The number of rotatable bonds is 5. The summed E-state index contributed by atoms with van der Waals surface area (Å²) in [6.07, 6.45) is 0. The fraction of sp³-hybridized carbons (Fsp3) is 0.0625. The van der Waals surface area contributed by atoms with E-state index in [1.54, 1.807) is 30.3 Å². The Morgan fingerprint density at radius 2 is 1.92 bits per heavy atom. The molecular formula is C16H13ClFN5OS. The van der Waals surface area contributed by atoms with E-state index in [1.807, 2.05) is 6.07 Å². The SMILES string of the molecule is Nn1c(SCC(=O)Nc2ccccc2F)nnc1-c1ccccc1Cl. The highest BCUT2D eigenvalue weighted by molar-refractivity contribution is 7.99. The van der Waals surface area contributed by atoms with Crippen LogP contribution >= 0.6 is 23.4 Å². The van der Waals surface area contributed by atoms with E-state index in [1.165, 1.54) is 16.8 Å². The van der Waals surface area contributed by atoms with Crippen LogP contribution in [0.4, 0.5) is 10.1 Å². The molecule has 0 fully saturated rings. The Labute approximate surface area is 152 Å². The van der Waals surface area contributed by atoms with Crippen molar-refractivity contribution in [1.82, 2.24) is 14.9 Å². The molecule has 0 spiro atoms. The second-order valence-electron chi connectivity index (χ2n) is 4.97. The smallest absolute Gasteiger partial charge is 0.234 e. The highest BCUT2D eigenvalue weighted by Crippen LogP contribution is 2.27. The lowest BCUT2D eigenvalue weighted by Gasteiger charge is -2.06. The molecule has 3 N–H and O–H groups in total. The third kappa shape index (κ3) is 3.92. The van der Waals surface area contributed by atoms with Gasteiger partial charge < -0.3 is 11.2 Å². The summed E-state index contributed by atoms with van der Waals surface area (Å²) >= 11 is 7.22. The Balaban J connectivity index is 1.67. The lowest BCUT2D eigenvalue weighted by Crippen LogP contribution is -2.17. The summed E-state index contributed by atoms with van der Waals surface area (Å²) in [5.41, 5.74) is 0.765. The molecule has 1 aromatic heterocycles. The number of anilines is 1. The molecule has 1 heterocycles. The number of benzene rings is 2. The van der Waals surface area contributed by atoms with Gasteiger partial charge in [-0.2, -0.15) is 0 Å². The normalized spacial score (nSPS) is 10.6. The fourth-order valence-electron chi connectivity index (χ4n) is 2.08.